The summed E-state index contributed by atoms with van der Waals surface area (Å²) in [5.41, 5.74) is 0. The van der Waals surface area contributed by atoms with E-state index in [0.29, 0.717) is 18.1 Å². The Kier molecular flexibility index (Phi) is 3.82. The second-order valence-electron chi connectivity index (χ2n) is 5.19. The van der Waals surface area contributed by atoms with E-state index < -0.39 is 0 Å². The van der Waals surface area contributed by atoms with Crippen LogP contribution in [0.25, 0.3) is 0 Å². The summed E-state index contributed by atoms with van der Waals surface area (Å²) >= 11 is 0. The van der Waals surface area contributed by atoms with Gasteiger partial charge in [-0.25, -0.2) is 0 Å². The molecule has 2 fully saturated rings. The van der Waals surface area contributed by atoms with Gasteiger partial charge in [0.2, 0.25) is 5.91 Å². The largest absolute Gasteiger partial charge is 0.364 e. The Hall–Kier alpha value is -0.610. The summed E-state index contributed by atoms with van der Waals surface area (Å²) in [6.45, 7) is 8.10. The molecule has 4 nitrogen and oxygen atoms in total. The van der Waals surface area contributed by atoms with E-state index in [0.717, 1.165) is 39.1 Å². The van der Waals surface area contributed by atoms with Crippen LogP contribution in [0, 0.1) is 0 Å². The molecule has 2 saturated heterocycles. The minimum absolute atomic E-state index is 0.318. The van der Waals surface area contributed by atoms with E-state index in [1.807, 2.05) is 4.90 Å². The number of rotatable bonds is 2. The zero-order chi connectivity index (χ0) is 11.5. The first-order chi connectivity index (χ1) is 7.65. The normalized spacial score (nSPS) is 36.5. The molecule has 2 heterocycles. The van der Waals surface area contributed by atoms with Gasteiger partial charge >= 0.3 is 0 Å². The number of nitrogens with one attached hydrogen (secondary N) is 1. The molecule has 2 rings (SSSR count). The number of carbonyl (C=O) groups excluding carboxylic acids is 1. The maximum Gasteiger partial charge on any atom is 0.226 e. The highest BCUT2D eigenvalue weighted by atomic mass is 16.5. The minimum atomic E-state index is 0.318. The lowest BCUT2D eigenvalue weighted by atomic mass is 10.1. The van der Waals surface area contributed by atoms with Crippen LogP contribution in [0.1, 0.15) is 33.1 Å². The van der Waals surface area contributed by atoms with Crippen molar-refractivity contribution in [2.24, 2.45) is 0 Å². The first-order valence-corrected chi connectivity index (χ1v) is 6.42. The first-order valence-electron chi connectivity index (χ1n) is 6.42. The van der Waals surface area contributed by atoms with Gasteiger partial charge in [0.1, 0.15) is 25.3 Å². The van der Waals surface area contributed by atoms with Gasteiger partial charge in [-0.15, -0.1) is 0 Å². The molecule has 4 heteroatoms. The van der Waals surface area contributed by atoms with Gasteiger partial charge in [0.05, 0.1) is 0 Å². The van der Waals surface area contributed by atoms with Gasteiger partial charge < -0.3 is 9.64 Å². The first kappa shape index (κ1) is 11.9. The molecular weight excluding hydrogens is 204 g/mol. The fraction of sp³-hybridized carbons (Fsp3) is 0.917. The molecule has 0 bridgehead atoms. The van der Waals surface area contributed by atoms with E-state index in [-0.39, 0.29) is 0 Å². The van der Waals surface area contributed by atoms with Gasteiger partial charge in [-0.2, -0.15) is 0 Å². The summed E-state index contributed by atoms with van der Waals surface area (Å²) < 4.78 is 5.71. The molecule has 2 aliphatic rings. The maximum atomic E-state index is 11.7. The molecule has 92 valence electrons. The van der Waals surface area contributed by atoms with Gasteiger partial charge in [-0.05, 0) is 26.7 Å². The van der Waals surface area contributed by atoms with Crippen molar-refractivity contribution in [1.29, 1.82) is 0 Å². The molecular formula is C12H23N2O2+. The summed E-state index contributed by atoms with van der Waals surface area (Å²) in [6, 6.07) is 0. The highest BCUT2D eigenvalue weighted by molar-refractivity contribution is 5.76. The topological polar surface area (TPSA) is 34.0 Å². The van der Waals surface area contributed by atoms with Crippen molar-refractivity contribution in [2.45, 2.75) is 45.3 Å². The molecule has 0 radical (unpaired) electrons. The zero-order valence-corrected chi connectivity index (χ0v) is 10.4. The van der Waals surface area contributed by atoms with Crippen LogP contribution in [-0.2, 0) is 9.53 Å². The van der Waals surface area contributed by atoms with Crippen molar-refractivity contribution >= 4 is 5.91 Å². The van der Waals surface area contributed by atoms with E-state index in [9.17, 15) is 4.79 Å². The third-order valence-corrected chi connectivity index (χ3v) is 3.45. The Bertz CT molecular complexity index is 247. The number of amides is 1. The van der Waals surface area contributed by atoms with Crippen LogP contribution in [0.4, 0.5) is 0 Å². The lowest BCUT2D eigenvalue weighted by Gasteiger charge is -2.36. The molecule has 0 aromatic carbocycles. The Morgan fingerprint density at radius 2 is 2.00 bits per heavy atom. The Labute approximate surface area is 97.5 Å². The van der Waals surface area contributed by atoms with E-state index in [1.54, 1.807) is 0 Å². The maximum absolute atomic E-state index is 11.7. The predicted molar refractivity (Wildman–Crippen MR) is 61.1 cm³/mol. The van der Waals surface area contributed by atoms with Crippen LogP contribution in [-0.4, -0.2) is 49.3 Å². The number of nitrogens with zero attached hydrogens (tertiary/aromatic N) is 1. The standard InChI is InChI=1S/C12H22N2O2/c1-10-7-13(8-11(2)16-10)9-14-6-4-3-5-12(14)15/h10-11H,3-9H2,1-2H3/p+1/t10-,11+. The number of hydrogen-bond acceptors (Lipinski definition) is 2. The Morgan fingerprint density at radius 1 is 1.31 bits per heavy atom. The number of hydrogen-bond donors (Lipinski definition) is 1. The fourth-order valence-electron chi connectivity index (χ4n) is 2.82. The number of likely N-dealkylation sites (tertiary alicyclic amines) is 1. The van der Waals surface area contributed by atoms with Crippen molar-refractivity contribution in [3.8, 4) is 0 Å². The van der Waals surface area contributed by atoms with Crippen LogP contribution < -0.4 is 4.90 Å². The summed E-state index contributed by atoms with van der Waals surface area (Å²) in [5, 5.41) is 0. The van der Waals surface area contributed by atoms with E-state index in [1.165, 1.54) is 11.3 Å². The molecule has 0 aromatic heterocycles. The lowest BCUT2D eigenvalue weighted by molar-refractivity contribution is -0.923. The molecule has 0 saturated carbocycles. The van der Waals surface area contributed by atoms with Crippen LogP contribution >= 0.6 is 0 Å². The Balaban J connectivity index is 1.85. The molecule has 2 aliphatic heterocycles. The number of piperidine rings is 1. The SMILES string of the molecule is C[C@@H]1C[NH+](CN2CCCCC2=O)C[C@H](C)O1. The monoisotopic (exact) mass is 227 g/mol. The zero-order valence-electron chi connectivity index (χ0n) is 10.4. The number of ether oxygens (including phenoxy) is 1. The second kappa shape index (κ2) is 5.15. The molecule has 1 amide bonds. The van der Waals surface area contributed by atoms with Crippen molar-refractivity contribution in [3.05, 3.63) is 0 Å². The highest BCUT2D eigenvalue weighted by Crippen LogP contribution is 2.08. The van der Waals surface area contributed by atoms with Crippen molar-refractivity contribution in [2.75, 3.05) is 26.3 Å². The molecule has 0 spiro atoms. The predicted octanol–water partition coefficient (Wildman–Crippen LogP) is -0.351. The van der Waals surface area contributed by atoms with Crippen LogP contribution in [0.5, 0.6) is 0 Å². The molecule has 1 N–H and O–H groups in total. The van der Waals surface area contributed by atoms with Crippen molar-refractivity contribution < 1.29 is 14.4 Å². The molecule has 16 heavy (non-hydrogen) atoms. The molecule has 0 aromatic rings. The number of carbonyl (C=O) groups is 1. The summed E-state index contributed by atoms with van der Waals surface area (Å²) in [4.78, 5) is 15.2. The van der Waals surface area contributed by atoms with Gasteiger partial charge in [0.25, 0.3) is 0 Å². The van der Waals surface area contributed by atoms with Crippen molar-refractivity contribution in [3.63, 3.8) is 0 Å². The molecule has 3 atom stereocenters. The quantitative estimate of drug-likeness (QED) is 0.699. The second-order valence-corrected chi connectivity index (χ2v) is 5.19. The van der Waals surface area contributed by atoms with Crippen LogP contribution in [0.15, 0.2) is 0 Å². The van der Waals surface area contributed by atoms with Crippen LogP contribution in [0.3, 0.4) is 0 Å². The third kappa shape index (κ3) is 2.95. The van der Waals surface area contributed by atoms with Gasteiger partial charge in [0.15, 0.2) is 6.67 Å². The van der Waals surface area contributed by atoms with Gasteiger partial charge in [-0.1, -0.05) is 0 Å². The average molecular weight is 227 g/mol. The van der Waals surface area contributed by atoms with Crippen LogP contribution in [0.2, 0.25) is 0 Å². The lowest BCUT2D eigenvalue weighted by Crippen LogP contribution is -3.16. The summed E-state index contributed by atoms with van der Waals surface area (Å²) in [6.07, 6.45) is 3.62. The van der Waals surface area contributed by atoms with Gasteiger partial charge in [-0.3, -0.25) is 9.69 Å². The summed E-state index contributed by atoms with van der Waals surface area (Å²) in [5.74, 6) is 0.338. The Morgan fingerprint density at radius 3 is 2.62 bits per heavy atom. The van der Waals surface area contributed by atoms with E-state index in [2.05, 4.69) is 13.8 Å². The summed E-state index contributed by atoms with van der Waals surface area (Å²) in [7, 11) is 0. The highest BCUT2D eigenvalue weighted by Gasteiger charge is 2.29. The average Bonchev–Trinajstić information content (AvgIpc) is 2.20. The van der Waals surface area contributed by atoms with E-state index >= 15 is 0 Å². The van der Waals surface area contributed by atoms with E-state index in [4.69, 9.17) is 4.74 Å². The third-order valence-electron chi connectivity index (χ3n) is 3.45. The fourth-order valence-corrected chi connectivity index (χ4v) is 2.82. The number of quaternary nitrogens is 1. The molecule has 1 unspecified atom stereocenters. The minimum Gasteiger partial charge on any atom is -0.364 e. The van der Waals surface area contributed by atoms with Crippen molar-refractivity contribution in [1.82, 2.24) is 4.90 Å². The smallest absolute Gasteiger partial charge is 0.226 e. The molecule has 0 aliphatic carbocycles. The van der Waals surface area contributed by atoms with Gasteiger partial charge in [0, 0.05) is 13.0 Å². The number of morpholine rings is 1.